The van der Waals surface area contributed by atoms with Crippen molar-refractivity contribution in [1.82, 2.24) is 5.32 Å². The Labute approximate surface area is 166 Å². The first kappa shape index (κ1) is 23.0. The van der Waals surface area contributed by atoms with Gasteiger partial charge in [-0.3, -0.25) is 9.59 Å². The predicted octanol–water partition coefficient (Wildman–Crippen LogP) is 2.72. The molecule has 2 rings (SSSR count). The van der Waals surface area contributed by atoms with Gasteiger partial charge in [-0.2, -0.15) is 0 Å². The van der Waals surface area contributed by atoms with Gasteiger partial charge in [-0.1, -0.05) is 19.3 Å². The lowest BCUT2D eigenvalue weighted by Gasteiger charge is -2.30. The summed E-state index contributed by atoms with van der Waals surface area (Å²) in [5, 5.41) is 5.73. The van der Waals surface area contributed by atoms with E-state index >= 15 is 0 Å². The molecule has 0 heterocycles. The van der Waals surface area contributed by atoms with Gasteiger partial charge in [0.2, 0.25) is 5.91 Å². The fourth-order valence-corrected chi connectivity index (χ4v) is 3.54. The minimum absolute atomic E-state index is 0. The molecule has 0 saturated heterocycles. The summed E-state index contributed by atoms with van der Waals surface area (Å²) in [7, 11) is 2.97. The van der Waals surface area contributed by atoms with Crippen LogP contribution in [0.1, 0.15) is 49.4 Å². The van der Waals surface area contributed by atoms with E-state index in [1.807, 2.05) is 0 Å². The molecule has 7 nitrogen and oxygen atoms in total. The third-order valence-corrected chi connectivity index (χ3v) is 4.84. The largest absolute Gasteiger partial charge is 0.493 e. The first-order valence-electron chi connectivity index (χ1n) is 9.04. The predicted molar refractivity (Wildman–Crippen MR) is 108 cm³/mol. The second kappa shape index (κ2) is 11.0. The lowest BCUT2D eigenvalue weighted by Crippen LogP contribution is -2.45. The Balaban J connectivity index is 0.00000364. The van der Waals surface area contributed by atoms with Crippen molar-refractivity contribution in [2.45, 2.75) is 45.1 Å². The van der Waals surface area contributed by atoms with Crippen LogP contribution < -0.4 is 25.8 Å². The second-order valence-corrected chi connectivity index (χ2v) is 6.65. The van der Waals surface area contributed by atoms with Crippen molar-refractivity contribution in [1.29, 1.82) is 0 Å². The number of nitrogens with two attached hydrogens (primary N) is 1. The number of halogens is 1. The first-order valence-corrected chi connectivity index (χ1v) is 9.04. The monoisotopic (exact) mass is 399 g/mol. The zero-order valence-corrected chi connectivity index (χ0v) is 17.0. The minimum atomic E-state index is -0.259. The molecular formula is C19H30ClN3O4. The highest BCUT2D eigenvalue weighted by Gasteiger charge is 2.25. The van der Waals surface area contributed by atoms with E-state index in [9.17, 15) is 9.59 Å². The van der Waals surface area contributed by atoms with Gasteiger partial charge < -0.3 is 25.8 Å². The zero-order valence-electron chi connectivity index (χ0n) is 16.2. The van der Waals surface area contributed by atoms with Gasteiger partial charge in [-0.05, 0) is 30.9 Å². The van der Waals surface area contributed by atoms with Crippen molar-refractivity contribution in [2.75, 3.05) is 26.1 Å². The summed E-state index contributed by atoms with van der Waals surface area (Å²) < 4.78 is 10.6. The molecule has 2 amide bonds. The van der Waals surface area contributed by atoms with Crippen LogP contribution in [-0.2, 0) is 4.79 Å². The summed E-state index contributed by atoms with van der Waals surface area (Å²) in [5.74, 6) is 0.670. The van der Waals surface area contributed by atoms with E-state index in [1.54, 1.807) is 12.1 Å². The SMILES string of the molecule is COc1cc(C(=O)NC(CN)C2CCCCC2)cc(NC(C)=O)c1OC.Cl. The standard InChI is InChI=1S/C19H29N3O4.ClH/c1-12(23)21-15-9-14(10-17(25-2)18(15)26-3)19(24)22-16(11-20)13-7-5-4-6-8-13;/h9-10,13,16H,4-8,11,20H2,1-3H3,(H,21,23)(H,22,24);1H. The average molecular weight is 400 g/mol. The number of anilines is 1. The third kappa shape index (κ3) is 6.01. The van der Waals surface area contributed by atoms with E-state index in [-0.39, 0.29) is 30.3 Å². The molecule has 1 atom stereocenters. The van der Waals surface area contributed by atoms with Gasteiger partial charge >= 0.3 is 0 Å². The summed E-state index contributed by atoms with van der Waals surface area (Å²) in [4.78, 5) is 24.3. The number of ether oxygens (including phenoxy) is 2. The smallest absolute Gasteiger partial charge is 0.251 e. The molecule has 0 bridgehead atoms. The number of benzene rings is 1. The maximum absolute atomic E-state index is 12.8. The molecular weight excluding hydrogens is 370 g/mol. The Morgan fingerprint density at radius 2 is 1.85 bits per heavy atom. The number of carbonyl (C=O) groups excluding carboxylic acids is 2. The molecule has 152 valence electrons. The van der Waals surface area contributed by atoms with Crippen molar-refractivity contribution in [2.24, 2.45) is 11.7 Å². The molecule has 8 heteroatoms. The van der Waals surface area contributed by atoms with E-state index < -0.39 is 0 Å². The fraction of sp³-hybridized carbons (Fsp3) is 0.579. The number of carbonyl (C=O) groups is 2. The van der Waals surface area contributed by atoms with E-state index in [2.05, 4.69) is 10.6 Å². The number of rotatable bonds is 7. The fourth-order valence-electron chi connectivity index (χ4n) is 3.54. The summed E-state index contributed by atoms with van der Waals surface area (Å²) >= 11 is 0. The van der Waals surface area contributed by atoms with Crippen LogP contribution in [-0.4, -0.2) is 38.6 Å². The molecule has 4 N–H and O–H groups in total. The highest BCUT2D eigenvalue weighted by molar-refractivity contribution is 5.99. The molecule has 1 saturated carbocycles. The van der Waals surface area contributed by atoms with Crippen LogP contribution in [0.5, 0.6) is 11.5 Å². The molecule has 0 aromatic heterocycles. The number of nitrogens with one attached hydrogen (secondary N) is 2. The second-order valence-electron chi connectivity index (χ2n) is 6.65. The van der Waals surface area contributed by atoms with Crippen LogP contribution in [0.25, 0.3) is 0 Å². The molecule has 1 fully saturated rings. The van der Waals surface area contributed by atoms with Gasteiger partial charge in [0.05, 0.1) is 19.9 Å². The summed E-state index contributed by atoms with van der Waals surface area (Å²) in [6.45, 7) is 1.80. The molecule has 1 unspecified atom stereocenters. The lowest BCUT2D eigenvalue weighted by molar-refractivity contribution is -0.114. The van der Waals surface area contributed by atoms with Crippen LogP contribution in [0.3, 0.4) is 0 Å². The number of methoxy groups -OCH3 is 2. The van der Waals surface area contributed by atoms with Crippen molar-refractivity contribution in [3.05, 3.63) is 17.7 Å². The van der Waals surface area contributed by atoms with Crippen LogP contribution in [0.2, 0.25) is 0 Å². The first-order chi connectivity index (χ1) is 12.5. The Morgan fingerprint density at radius 3 is 2.37 bits per heavy atom. The van der Waals surface area contributed by atoms with Gasteiger partial charge in [0, 0.05) is 25.1 Å². The third-order valence-electron chi connectivity index (χ3n) is 4.84. The molecule has 0 radical (unpaired) electrons. The van der Waals surface area contributed by atoms with E-state index in [0.29, 0.717) is 35.2 Å². The summed E-state index contributed by atoms with van der Waals surface area (Å²) in [5.41, 5.74) is 6.70. The van der Waals surface area contributed by atoms with Crippen LogP contribution in [0.15, 0.2) is 12.1 Å². The zero-order chi connectivity index (χ0) is 19.1. The average Bonchev–Trinajstić information content (AvgIpc) is 2.65. The molecule has 1 aliphatic carbocycles. The normalized spacial score (nSPS) is 15.3. The van der Waals surface area contributed by atoms with Crippen molar-refractivity contribution < 1.29 is 19.1 Å². The Hall–Kier alpha value is -1.99. The topological polar surface area (TPSA) is 103 Å². The highest BCUT2D eigenvalue weighted by Crippen LogP contribution is 2.36. The lowest BCUT2D eigenvalue weighted by atomic mass is 9.84. The molecule has 1 aromatic rings. The molecule has 1 aromatic carbocycles. The van der Waals surface area contributed by atoms with E-state index in [0.717, 1.165) is 12.8 Å². The Morgan fingerprint density at radius 1 is 1.19 bits per heavy atom. The van der Waals surface area contributed by atoms with Gasteiger partial charge in [0.15, 0.2) is 11.5 Å². The number of hydrogen-bond acceptors (Lipinski definition) is 5. The number of amides is 2. The minimum Gasteiger partial charge on any atom is -0.493 e. The van der Waals surface area contributed by atoms with Gasteiger partial charge in [0.25, 0.3) is 5.91 Å². The van der Waals surface area contributed by atoms with Gasteiger partial charge in [-0.15, -0.1) is 12.4 Å². The quantitative estimate of drug-likeness (QED) is 0.654. The van der Waals surface area contributed by atoms with Crippen LogP contribution in [0, 0.1) is 5.92 Å². The van der Waals surface area contributed by atoms with Crippen molar-refractivity contribution >= 4 is 29.9 Å². The Kier molecular flexibility index (Phi) is 9.38. The van der Waals surface area contributed by atoms with Gasteiger partial charge in [0.1, 0.15) is 0 Å². The summed E-state index contributed by atoms with van der Waals surface area (Å²) in [6.07, 6.45) is 5.79. The summed E-state index contributed by atoms with van der Waals surface area (Å²) in [6, 6.07) is 3.14. The van der Waals surface area contributed by atoms with Crippen LogP contribution >= 0.6 is 12.4 Å². The van der Waals surface area contributed by atoms with Crippen molar-refractivity contribution in [3.8, 4) is 11.5 Å². The highest BCUT2D eigenvalue weighted by atomic mass is 35.5. The van der Waals surface area contributed by atoms with Crippen LogP contribution in [0.4, 0.5) is 5.69 Å². The maximum Gasteiger partial charge on any atom is 0.251 e. The molecule has 27 heavy (non-hydrogen) atoms. The van der Waals surface area contributed by atoms with Crippen molar-refractivity contribution in [3.63, 3.8) is 0 Å². The molecule has 1 aliphatic rings. The Bertz CT molecular complexity index is 648. The van der Waals surface area contributed by atoms with E-state index in [4.69, 9.17) is 15.2 Å². The molecule has 0 aliphatic heterocycles. The molecule has 0 spiro atoms. The number of hydrogen-bond donors (Lipinski definition) is 3. The maximum atomic E-state index is 12.8. The van der Waals surface area contributed by atoms with Gasteiger partial charge in [-0.25, -0.2) is 0 Å². The van der Waals surface area contributed by atoms with E-state index in [1.165, 1.54) is 40.4 Å².